The molecule has 0 saturated carbocycles. The lowest BCUT2D eigenvalue weighted by Gasteiger charge is -2.29. The average molecular weight is 320 g/mol. The number of benzene rings is 1. The minimum absolute atomic E-state index is 0.0759. The van der Waals surface area contributed by atoms with Gasteiger partial charge in [-0.2, -0.15) is 0 Å². The van der Waals surface area contributed by atoms with Crippen LogP contribution in [0.1, 0.15) is 26.3 Å². The fourth-order valence-corrected chi connectivity index (χ4v) is 1.46. The molecule has 18 heavy (non-hydrogen) atoms. The van der Waals surface area contributed by atoms with Crippen LogP contribution in [0.15, 0.2) is 18.2 Å². The standard InChI is InChI=1S/C13H16BrF2NO/c1-8(14)13(2,3)17-12(18)6-9-4-5-10(15)7-11(9)16/h4-5,7-8H,6H2,1-3H3,(H,17,18). The summed E-state index contributed by atoms with van der Waals surface area (Å²) in [5.74, 6) is -1.64. The van der Waals surface area contributed by atoms with Gasteiger partial charge < -0.3 is 5.32 Å². The zero-order valence-corrected chi connectivity index (χ0v) is 12.1. The minimum atomic E-state index is -0.699. The molecule has 5 heteroatoms. The third-order valence-electron chi connectivity index (χ3n) is 2.82. The Balaban J connectivity index is 2.71. The smallest absolute Gasteiger partial charge is 0.224 e. The zero-order chi connectivity index (χ0) is 13.9. The molecule has 0 fully saturated rings. The number of carbonyl (C=O) groups excluding carboxylic acids is 1. The molecule has 0 saturated heterocycles. The van der Waals surface area contributed by atoms with Crippen molar-refractivity contribution in [2.75, 3.05) is 0 Å². The summed E-state index contributed by atoms with van der Waals surface area (Å²) >= 11 is 3.40. The van der Waals surface area contributed by atoms with Crippen molar-refractivity contribution in [1.29, 1.82) is 0 Å². The van der Waals surface area contributed by atoms with Crippen molar-refractivity contribution in [3.63, 3.8) is 0 Å². The van der Waals surface area contributed by atoms with Crippen molar-refractivity contribution >= 4 is 21.8 Å². The molecule has 100 valence electrons. The number of nitrogens with one attached hydrogen (secondary N) is 1. The van der Waals surface area contributed by atoms with Crippen LogP contribution >= 0.6 is 15.9 Å². The van der Waals surface area contributed by atoms with Crippen molar-refractivity contribution in [2.24, 2.45) is 0 Å². The Hall–Kier alpha value is -0.970. The largest absolute Gasteiger partial charge is 0.350 e. The molecule has 0 aliphatic rings. The summed E-state index contributed by atoms with van der Waals surface area (Å²) in [4.78, 5) is 11.9. The van der Waals surface area contributed by atoms with Gasteiger partial charge in [-0.3, -0.25) is 4.79 Å². The van der Waals surface area contributed by atoms with Crippen LogP contribution in [0, 0.1) is 11.6 Å². The lowest BCUT2D eigenvalue weighted by atomic mass is 10.0. The van der Waals surface area contributed by atoms with Crippen LogP contribution in [-0.2, 0) is 11.2 Å². The maximum Gasteiger partial charge on any atom is 0.224 e. The second-order valence-electron chi connectivity index (χ2n) is 4.80. The van der Waals surface area contributed by atoms with E-state index >= 15 is 0 Å². The number of carbonyl (C=O) groups is 1. The third-order valence-corrected chi connectivity index (χ3v) is 3.97. The minimum Gasteiger partial charge on any atom is -0.350 e. The molecule has 0 aliphatic carbocycles. The lowest BCUT2D eigenvalue weighted by molar-refractivity contribution is -0.122. The molecule has 1 atom stereocenters. The van der Waals surface area contributed by atoms with E-state index in [1.165, 1.54) is 6.07 Å². The molecule has 2 nitrogen and oxygen atoms in total. The van der Waals surface area contributed by atoms with Crippen LogP contribution in [0.25, 0.3) is 0 Å². The second kappa shape index (κ2) is 5.78. The SMILES string of the molecule is CC(Br)C(C)(C)NC(=O)Cc1ccc(F)cc1F. The highest BCUT2D eigenvalue weighted by atomic mass is 79.9. The summed E-state index contributed by atoms with van der Waals surface area (Å²) in [6.07, 6.45) is -0.102. The Morgan fingerprint density at radius 2 is 2.06 bits per heavy atom. The summed E-state index contributed by atoms with van der Waals surface area (Å²) in [5, 5.41) is 2.80. The Morgan fingerprint density at radius 1 is 1.44 bits per heavy atom. The van der Waals surface area contributed by atoms with Crippen LogP contribution in [0.2, 0.25) is 0 Å². The van der Waals surface area contributed by atoms with Gasteiger partial charge in [-0.15, -0.1) is 0 Å². The van der Waals surface area contributed by atoms with Crippen LogP contribution < -0.4 is 5.32 Å². The highest BCUT2D eigenvalue weighted by Crippen LogP contribution is 2.17. The first-order chi connectivity index (χ1) is 8.22. The quantitative estimate of drug-likeness (QED) is 0.848. The zero-order valence-electron chi connectivity index (χ0n) is 10.6. The monoisotopic (exact) mass is 319 g/mol. The topological polar surface area (TPSA) is 29.1 Å². The number of hydrogen-bond donors (Lipinski definition) is 1. The van der Waals surface area contributed by atoms with Crippen molar-refractivity contribution in [3.05, 3.63) is 35.4 Å². The van der Waals surface area contributed by atoms with Crippen LogP contribution in [0.5, 0.6) is 0 Å². The first-order valence-electron chi connectivity index (χ1n) is 5.61. The van der Waals surface area contributed by atoms with E-state index in [1.54, 1.807) is 0 Å². The van der Waals surface area contributed by atoms with Gasteiger partial charge in [-0.25, -0.2) is 8.78 Å². The maximum atomic E-state index is 13.4. The van der Waals surface area contributed by atoms with E-state index in [0.29, 0.717) is 0 Å². The van der Waals surface area contributed by atoms with Crippen molar-refractivity contribution in [2.45, 2.75) is 37.6 Å². The molecule has 0 aliphatic heterocycles. The molecular weight excluding hydrogens is 304 g/mol. The number of halogens is 3. The van der Waals surface area contributed by atoms with Crippen molar-refractivity contribution in [3.8, 4) is 0 Å². The predicted molar refractivity (Wildman–Crippen MR) is 70.7 cm³/mol. The molecule has 1 aromatic rings. The molecule has 1 amide bonds. The van der Waals surface area contributed by atoms with Gasteiger partial charge in [0.2, 0.25) is 5.91 Å². The summed E-state index contributed by atoms with van der Waals surface area (Å²) in [7, 11) is 0. The van der Waals surface area contributed by atoms with E-state index in [-0.39, 0.29) is 22.7 Å². The van der Waals surface area contributed by atoms with Gasteiger partial charge in [0.25, 0.3) is 0 Å². The van der Waals surface area contributed by atoms with Crippen molar-refractivity contribution < 1.29 is 13.6 Å². The fraction of sp³-hybridized carbons (Fsp3) is 0.462. The molecule has 0 bridgehead atoms. The van der Waals surface area contributed by atoms with Crippen LogP contribution in [0.4, 0.5) is 8.78 Å². The number of alkyl halides is 1. The first kappa shape index (κ1) is 15.1. The van der Waals surface area contributed by atoms with E-state index in [1.807, 2.05) is 20.8 Å². The normalized spacial score (nSPS) is 13.2. The lowest BCUT2D eigenvalue weighted by Crippen LogP contribution is -2.49. The van der Waals surface area contributed by atoms with Crippen molar-refractivity contribution in [1.82, 2.24) is 5.32 Å². The molecule has 1 N–H and O–H groups in total. The van der Waals surface area contributed by atoms with E-state index in [9.17, 15) is 13.6 Å². The van der Waals surface area contributed by atoms with Crippen LogP contribution in [-0.4, -0.2) is 16.3 Å². The van der Waals surface area contributed by atoms with Gasteiger partial charge in [0, 0.05) is 16.4 Å². The molecule has 0 radical (unpaired) electrons. The van der Waals surface area contributed by atoms with Gasteiger partial charge in [0.05, 0.1) is 6.42 Å². The number of hydrogen-bond acceptors (Lipinski definition) is 1. The van der Waals surface area contributed by atoms with Crippen LogP contribution in [0.3, 0.4) is 0 Å². The summed E-state index contributed by atoms with van der Waals surface area (Å²) in [5.41, 5.74) is -0.250. The second-order valence-corrected chi connectivity index (χ2v) is 6.17. The van der Waals surface area contributed by atoms with Gasteiger partial charge >= 0.3 is 0 Å². The highest BCUT2D eigenvalue weighted by molar-refractivity contribution is 9.09. The number of rotatable bonds is 4. The van der Waals surface area contributed by atoms with E-state index in [4.69, 9.17) is 0 Å². The average Bonchev–Trinajstić information content (AvgIpc) is 2.21. The molecular formula is C13H16BrF2NO. The van der Waals surface area contributed by atoms with Gasteiger partial charge in [0.1, 0.15) is 11.6 Å². The molecule has 0 heterocycles. The fourth-order valence-electron chi connectivity index (χ4n) is 1.34. The molecule has 1 rings (SSSR count). The molecule has 0 spiro atoms. The molecule has 1 unspecified atom stereocenters. The first-order valence-corrected chi connectivity index (χ1v) is 6.53. The van der Waals surface area contributed by atoms with Gasteiger partial charge in [-0.05, 0) is 25.5 Å². The van der Waals surface area contributed by atoms with Gasteiger partial charge in [-0.1, -0.05) is 28.9 Å². The van der Waals surface area contributed by atoms with E-state index < -0.39 is 17.2 Å². The Kier molecular flexibility index (Phi) is 4.85. The Labute approximate surface area is 114 Å². The highest BCUT2D eigenvalue weighted by Gasteiger charge is 2.25. The third kappa shape index (κ3) is 4.05. The molecule has 0 aromatic heterocycles. The molecule has 1 aromatic carbocycles. The summed E-state index contributed by atoms with van der Waals surface area (Å²) in [6.45, 7) is 5.65. The summed E-state index contributed by atoms with van der Waals surface area (Å²) < 4.78 is 26.1. The Bertz CT molecular complexity index is 447. The van der Waals surface area contributed by atoms with E-state index in [2.05, 4.69) is 21.2 Å². The Morgan fingerprint density at radius 3 is 2.56 bits per heavy atom. The van der Waals surface area contributed by atoms with E-state index in [0.717, 1.165) is 12.1 Å². The van der Waals surface area contributed by atoms with Gasteiger partial charge in [0.15, 0.2) is 0 Å². The summed E-state index contributed by atoms with van der Waals surface area (Å²) in [6, 6.07) is 3.21. The maximum absolute atomic E-state index is 13.4. The number of amides is 1. The predicted octanol–water partition coefficient (Wildman–Crippen LogP) is 3.19.